The Morgan fingerprint density at radius 2 is 2.53 bits per heavy atom. The van der Waals surface area contributed by atoms with E-state index in [-0.39, 0.29) is 0 Å². The van der Waals surface area contributed by atoms with Crippen molar-refractivity contribution in [2.24, 2.45) is 0 Å². The fourth-order valence-electron chi connectivity index (χ4n) is 2.31. The Bertz CT molecular complexity index is 315. The standard InChI is InChI=1S/C13H22N2OS/c1-3-14-12(8-11-4-7-17-10-11)13-9-15(2)5-6-16-13/h4,7,10,12-14H,3,5-6,8-9H2,1-2H3. The minimum atomic E-state index is 0.314. The molecule has 1 saturated heterocycles. The van der Waals surface area contributed by atoms with Crippen molar-refractivity contribution >= 4 is 11.3 Å². The SMILES string of the molecule is CCNC(Cc1ccsc1)C1CN(C)CCO1. The van der Waals surface area contributed by atoms with Gasteiger partial charge >= 0.3 is 0 Å². The second-order valence-corrected chi connectivity index (χ2v) is 5.45. The van der Waals surface area contributed by atoms with Crippen LogP contribution in [0.25, 0.3) is 0 Å². The smallest absolute Gasteiger partial charge is 0.0858 e. The molecule has 17 heavy (non-hydrogen) atoms. The van der Waals surface area contributed by atoms with Crippen LogP contribution >= 0.6 is 11.3 Å². The maximum Gasteiger partial charge on any atom is 0.0858 e. The number of nitrogens with one attached hydrogen (secondary N) is 1. The average molecular weight is 254 g/mol. The number of nitrogens with zero attached hydrogens (tertiary/aromatic N) is 1. The summed E-state index contributed by atoms with van der Waals surface area (Å²) in [6, 6.07) is 2.64. The predicted octanol–water partition coefficient (Wildman–Crippen LogP) is 1.60. The van der Waals surface area contributed by atoms with Crippen LogP contribution < -0.4 is 5.32 Å². The van der Waals surface area contributed by atoms with Crippen molar-refractivity contribution in [1.29, 1.82) is 0 Å². The predicted molar refractivity (Wildman–Crippen MR) is 72.7 cm³/mol. The summed E-state index contributed by atoms with van der Waals surface area (Å²) in [5.41, 5.74) is 1.41. The number of morpholine rings is 1. The van der Waals surface area contributed by atoms with Crippen LogP contribution in [0.15, 0.2) is 16.8 Å². The molecular weight excluding hydrogens is 232 g/mol. The van der Waals surface area contributed by atoms with Crippen molar-refractivity contribution < 1.29 is 4.74 Å². The van der Waals surface area contributed by atoms with Gasteiger partial charge in [0.15, 0.2) is 0 Å². The van der Waals surface area contributed by atoms with E-state index in [4.69, 9.17) is 4.74 Å². The van der Waals surface area contributed by atoms with E-state index in [1.165, 1.54) is 5.56 Å². The third-order valence-electron chi connectivity index (χ3n) is 3.25. The quantitative estimate of drug-likeness (QED) is 0.864. The van der Waals surface area contributed by atoms with Gasteiger partial charge in [-0.2, -0.15) is 11.3 Å². The van der Waals surface area contributed by atoms with Gasteiger partial charge in [0.25, 0.3) is 0 Å². The highest BCUT2D eigenvalue weighted by molar-refractivity contribution is 7.07. The fraction of sp³-hybridized carbons (Fsp3) is 0.692. The zero-order valence-electron chi connectivity index (χ0n) is 10.7. The van der Waals surface area contributed by atoms with E-state index in [1.54, 1.807) is 11.3 Å². The van der Waals surface area contributed by atoms with E-state index < -0.39 is 0 Å². The normalized spacial score (nSPS) is 23.8. The molecule has 0 aromatic carbocycles. The second-order valence-electron chi connectivity index (χ2n) is 4.67. The topological polar surface area (TPSA) is 24.5 Å². The number of ether oxygens (including phenoxy) is 1. The minimum absolute atomic E-state index is 0.314. The Hall–Kier alpha value is -0.420. The van der Waals surface area contributed by atoms with Gasteiger partial charge in [-0.05, 0) is 42.4 Å². The van der Waals surface area contributed by atoms with Crippen molar-refractivity contribution in [1.82, 2.24) is 10.2 Å². The van der Waals surface area contributed by atoms with Gasteiger partial charge in [0, 0.05) is 19.1 Å². The molecule has 2 rings (SSSR count). The lowest BCUT2D eigenvalue weighted by Gasteiger charge is -2.35. The highest BCUT2D eigenvalue weighted by Crippen LogP contribution is 2.14. The van der Waals surface area contributed by atoms with Gasteiger partial charge in [-0.1, -0.05) is 6.92 Å². The largest absolute Gasteiger partial charge is 0.374 e. The fourth-order valence-corrected chi connectivity index (χ4v) is 3.00. The van der Waals surface area contributed by atoms with Gasteiger partial charge in [0.2, 0.25) is 0 Å². The van der Waals surface area contributed by atoms with E-state index in [9.17, 15) is 0 Å². The second kappa shape index (κ2) is 6.50. The lowest BCUT2D eigenvalue weighted by Crippen LogP contribution is -2.52. The van der Waals surface area contributed by atoms with Crippen LogP contribution in [0.1, 0.15) is 12.5 Å². The molecule has 0 radical (unpaired) electrons. The first kappa shape index (κ1) is 13.0. The first-order valence-corrected chi connectivity index (χ1v) is 7.28. The molecule has 4 heteroatoms. The molecule has 0 amide bonds. The van der Waals surface area contributed by atoms with Crippen molar-refractivity contribution in [2.45, 2.75) is 25.5 Å². The Kier molecular flexibility index (Phi) is 4.98. The van der Waals surface area contributed by atoms with Gasteiger partial charge < -0.3 is 15.0 Å². The molecule has 2 atom stereocenters. The van der Waals surface area contributed by atoms with Crippen LogP contribution in [0.2, 0.25) is 0 Å². The molecule has 2 unspecified atom stereocenters. The van der Waals surface area contributed by atoms with Gasteiger partial charge in [-0.25, -0.2) is 0 Å². The molecular formula is C13H22N2OS. The van der Waals surface area contributed by atoms with E-state index >= 15 is 0 Å². The van der Waals surface area contributed by atoms with Gasteiger partial charge in [-0.3, -0.25) is 0 Å². The van der Waals surface area contributed by atoms with Gasteiger partial charge in [0.1, 0.15) is 0 Å². The summed E-state index contributed by atoms with van der Waals surface area (Å²) in [6.45, 7) is 6.09. The summed E-state index contributed by atoms with van der Waals surface area (Å²) in [7, 11) is 2.17. The number of hydrogen-bond acceptors (Lipinski definition) is 4. The molecule has 1 fully saturated rings. The average Bonchev–Trinajstić information content (AvgIpc) is 2.81. The van der Waals surface area contributed by atoms with Crippen LogP contribution in [0, 0.1) is 0 Å². The zero-order chi connectivity index (χ0) is 12.1. The Morgan fingerprint density at radius 3 is 3.18 bits per heavy atom. The Balaban J connectivity index is 1.95. The van der Waals surface area contributed by atoms with Crippen LogP contribution in [0.3, 0.4) is 0 Å². The lowest BCUT2D eigenvalue weighted by molar-refractivity contribution is -0.0381. The summed E-state index contributed by atoms with van der Waals surface area (Å²) in [5.74, 6) is 0. The Labute approximate surface area is 108 Å². The van der Waals surface area contributed by atoms with E-state index in [1.807, 2.05) is 0 Å². The number of hydrogen-bond donors (Lipinski definition) is 1. The zero-order valence-corrected chi connectivity index (χ0v) is 11.5. The molecule has 1 aliphatic heterocycles. The van der Waals surface area contributed by atoms with Crippen molar-refractivity contribution in [3.8, 4) is 0 Å². The lowest BCUT2D eigenvalue weighted by atomic mass is 10.0. The van der Waals surface area contributed by atoms with E-state index in [0.717, 1.165) is 32.7 Å². The molecule has 0 saturated carbocycles. The highest BCUT2D eigenvalue weighted by Gasteiger charge is 2.26. The maximum absolute atomic E-state index is 5.91. The minimum Gasteiger partial charge on any atom is -0.374 e. The van der Waals surface area contributed by atoms with Gasteiger partial charge in [0.05, 0.1) is 12.7 Å². The molecule has 1 aliphatic rings. The highest BCUT2D eigenvalue weighted by atomic mass is 32.1. The molecule has 1 aromatic heterocycles. The summed E-state index contributed by atoms with van der Waals surface area (Å²) in [4.78, 5) is 2.35. The monoisotopic (exact) mass is 254 g/mol. The molecule has 0 aliphatic carbocycles. The van der Waals surface area contributed by atoms with Crippen molar-refractivity contribution in [2.75, 3.05) is 33.3 Å². The first-order valence-electron chi connectivity index (χ1n) is 6.34. The van der Waals surface area contributed by atoms with Crippen molar-refractivity contribution in [3.05, 3.63) is 22.4 Å². The summed E-state index contributed by atoms with van der Waals surface area (Å²) in [6.07, 6.45) is 1.38. The number of thiophene rings is 1. The van der Waals surface area contributed by atoms with E-state index in [2.05, 4.69) is 41.0 Å². The third kappa shape index (κ3) is 3.78. The molecule has 0 bridgehead atoms. The molecule has 0 spiro atoms. The van der Waals surface area contributed by atoms with Crippen LogP contribution in [0.5, 0.6) is 0 Å². The van der Waals surface area contributed by atoms with Gasteiger partial charge in [-0.15, -0.1) is 0 Å². The molecule has 2 heterocycles. The summed E-state index contributed by atoms with van der Waals surface area (Å²) < 4.78 is 5.91. The number of likely N-dealkylation sites (N-methyl/N-ethyl adjacent to an activating group) is 2. The molecule has 3 nitrogen and oxygen atoms in total. The maximum atomic E-state index is 5.91. The van der Waals surface area contributed by atoms with E-state index in [0.29, 0.717) is 12.1 Å². The molecule has 1 N–H and O–H groups in total. The Morgan fingerprint density at radius 1 is 1.65 bits per heavy atom. The number of rotatable bonds is 5. The molecule has 1 aromatic rings. The van der Waals surface area contributed by atoms with Crippen molar-refractivity contribution in [3.63, 3.8) is 0 Å². The summed E-state index contributed by atoms with van der Waals surface area (Å²) >= 11 is 1.77. The first-order chi connectivity index (χ1) is 8.29. The van der Waals surface area contributed by atoms with Crippen LogP contribution in [0.4, 0.5) is 0 Å². The van der Waals surface area contributed by atoms with Crippen LogP contribution in [-0.2, 0) is 11.2 Å². The van der Waals surface area contributed by atoms with Crippen LogP contribution in [-0.4, -0.2) is 50.3 Å². The summed E-state index contributed by atoms with van der Waals surface area (Å²) in [5, 5.41) is 7.94. The molecule has 96 valence electrons. The third-order valence-corrected chi connectivity index (χ3v) is 3.98.